The molecule has 0 aliphatic heterocycles. The van der Waals surface area contributed by atoms with Crippen LogP contribution < -0.4 is 4.74 Å². The SMILES string of the molecule is CCN(CC)C(=O)COc1ccc2c(c1)C(=O)CCC2. The van der Waals surface area contributed by atoms with Crippen LogP contribution in [0.15, 0.2) is 18.2 Å². The van der Waals surface area contributed by atoms with Gasteiger partial charge >= 0.3 is 0 Å². The maximum atomic E-state index is 11.9. The quantitative estimate of drug-likeness (QED) is 0.829. The first-order valence-electron chi connectivity index (χ1n) is 7.22. The Morgan fingerprint density at radius 1 is 1.25 bits per heavy atom. The van der Waals surface area contributed by atoms with E-state index in [0.29, 0.717) is 25.3 Å². The number of fused-ring (bicyclic) bond motifs is 1. The summed E-state index contributed by atoms with van der Waals surface area (Å²) in [6.45, 7) is 5.27. The summed E-state index contributed by atoms with van der Waals surface area (Å²) in [5.41, 5.74) is 1.84. The lowest BCUT2D eigenvalue weighted by atomic mass is 9.90. The van der Waals surface area contributed by atoms with Gasteiger partial charge in [-0.2, -0.15) is 0 Å². The molecule has 0 spiro atoms. The Hall–Kier alpha value is -1.84. The number of hydrogen-bond acceptors (Lipinski definition) is 3. The number of carbonyl (C=O) groups excluding carboxylic acids is 2. The summed E-state index contributed by atoms with van der Waals surface area (Å²) in [7, 11) is 0. The van der Waals surface area contributed by atoms with Gasteiger partial charge in [0, 0.05) is 25.1 Å². The van der Waals surface area contributed by atoms with E-state index in [2.05, 4.69) is 0 Å². The molecule has 108 valence electrons. The lowest BCUT2D eigenvalue weighted by molar-refractivity contribution is -0.132. The van der Waals surface area contributed by atoms with Crippen molar-refractivity contribution < 1.29 is 14.3 Å². The molecule has 1 aromatic carbocycles. The maximum absolute atomic E-state index is 11.9. The minimum atomic E-state index is -0.0287. The fourth-order valence-corrected chi connectivity index (χ4v) is 2.51. The Morgan fingerprint density at radius 3 is 2.70 bits per heavy atom. The van der Waals surface area contributed by atoms with Crippen LogP contribution in [0.1, 0.15) is 42.6 Å². The summed E-state index contributed by atoms with van der Waals surface area (Å²) in [6, 6.07) is 5.54. The van der Waals surface area contributed by atoms with Crippen LogP contribution in [-0.2, 0) is 11.2 Å². The molecule has 4 nitrogen and oxygen atoms in total. The monoisotopic (exact) mass is 275 g/mol. The predicted molar refractivity (Wildman–Crippen MR) is 77.1 cm³/mol. The molecule has 0 atom stereocenters. The summed E-state index contributed by atoms with van der Waals surface area (Å²) in [5.74, 6) is 0.741. The first kappa shape index (κ1) is 14.6. The molecule has 20 heavy (non-hydrogen) atoms. The minimum Gasteiger partial charge on any atom is -0.484 e. The van der Waals surface area contributed by atoms with E-state index in [4.69, 9.17) is 4.74 Å². The van der Waals surface area contributed by atoms with Crippen molar-refractivity contribution in [1.29, 1.82) is 0 Å². The Kier molecular flexibility index (Phi) is 4.77. The minimum absolute atomic E-state index is 0.0225. The second kappa shape index (κ2) is 6.55. The average Bonchev–Trinajstić information content (AvgIpc) is 2.47. The summed E-state index contributed by atoms with van der Waals surface area (Å²) in [5, 5.41) is 0. The number of Topliss-reactive ketones (excluding diaryl/α,β-unsaturated/α-hetero) is 1. The number of aryl methyl sites for hydroxylation is 1. The van der Waals surface area contributed by atoms with Crippen molar-refractivity contribution in [3.63, 3.8) is 0 Å². The maximum Gasteiger partial charge on any atom is 0.260 e. The van der Waals surface area contributed by atoms with Crippen LogP contribution in [0.25, 0.3) is 0 Å². The molecular weight excluding hydrogens is 254 g/mol. The molecular formula is C16H21NO3. The van der Waals surface area contributed by atoms with Gasteiger partial charge in [-0.05, 0) is 44.4 Å². The van der Waals surface area contributed by atoms with Gasteiger partial charge in [-0.3, -0.25) is 9.59 Å². The van der Waals surface area contributed by atoms with E-state index in [1.165, 1.54) is 0 Å². The van der Waals surface area contributed by atoms with Crippen LogP contribution in [-0.4, -0.2) is 36.3 Å². The zero-order valence-corrected chi connectivity index (χ0v) is 12.1. The Bertz CT molecular complexity index is 506. The van der Waals surface area contributed by atoms with Gasteiger partial charge in [0.05, 0.1) is 0 Å². The molecule has 1 amide bonds. The fourth-order valence-electron chi connectivity index (χ4n) is 2.51. The predicted octanol–water partition coefficient (Wildman–Crippen LogP) is 2.45. The molecule has 1 aliphatic carbocycles. The number of nitrogens with zero attached hydrogens (tertiary/aromatic N) is 1. The molecule has 0 saturated carbocycles. The lowest BCUT2D eigenvalue weighted by Gasteiger charge is -2.19. The van der Waals surface area contributed by atoms with Crippen molar-refractivity contribution in [2.45, 2.75) is 33.1 Å². The molecule has 0 aromatic heterocycles. The normalized spacial score (nSPS) is 13.8. The van der Waals surface area contributed by atoms with Gasteiger partial charge in [0.25, 0.3) is 5.91 Å². The molecule has 0 bridgehead atoms. The van der Waals surface area contributed by atoms with E-state index in [-0.39, 0.29) is 18.3 Å². The number of likely N-dealkylation sites (N-methyl/N-ethyl adjacent to an activating group) is 1. The van der Waals surface area contributed by atoms with E-state index >= 15 is 0 Å². The highest BCUT2D eigenvalue weighted by Gasteiger charge is 2.18. The van der Waals surface area contributed by atoms with Crippen LogP contribution >= 0.6 is 0 Å². The Balaban J connectivity index is 2.02. The number of rotatable bonds is 5. The van der Waals surface area contributed by atoms with Gasteiger partial charge in [-0.1, -0.05) is 6.07 Å². The fraction of sp³-hybridized carbons (Fsp3) is 0.500. The molecule has 0 saturated heterocycles. The number of benzene rings is 1. The molecule has 0 radical (unpaired) electrons. The first-order chi connectivity index (χ1) is 9.65. The molecule has 1 aromatic rings. The van der Waals surface area contributed by atoms with E-state index in [1.807, 2.05) is 26.0 Å². The van der Waals surface area contributed by atoms with Crippen LogP contribution in [0.5, 0.6) is 5.75 Å². The molecule has 0 heterocycles. The van der Waals surface area contributed by atoms with Crippen molar-refractivity contribution in [2.75, 3.05) is 19.7 Å². The third kappa shape index (κ3) is 3.18. The average molecular weight is 275 g/mol. The van der Waals surface area contributed by atoms with Crippen molar-refractivity contribution in [2.24, 2.45) is 0 Å². The van der Waals surface area contributed by atoms with Crippen LogP contribution in [0, 0.1) is 0 Å². The van der Waals surface area contributed by atoms with E-state index in [1.54, 1.807) is 11.0 Å². The third-order valence-electron chi connectivity index (χ3n) is 3.71. The lowest BCUT2D eigenvalue weighted by Crippen LogP contribution is -2.34. The van der Waals surface area contributed by atoms with Crippen LogP contribution in [0.2, 0.25) is 0 Å². The Labute approximate surface area is 119 Å². The smallest absolute Gasteiger partial charge is 0.260 e. The number of ether oxygens (including phenoxy) is 1. The second-order valence-electron chi connectivity index (χ2n) is 4.95. The van der Waals surface area contributed by atoms with E-state index in [0.717, 1.165) is 24.0 Å². The molecule has 1 aliphatic rings. The first-order valence-corrected chi connectivity index (χ1v) is 7.22. The summed E-state index contributed by atoms with van der Waals surface area (Å²) < 4.78 is 5.52. The number of carbonyl (C=O) groups is 2. The molecule has 0 N–H and O–H groups in total. The molecule has 4 heteroatoms. The standard InChI is InChI=1S/C16H21NO3/c1-3-17(4-2)16(19)11-20-13-9-8-12-6-5-7-15(18)14(12)10-13/h8-10H,3-7,11H2,1-2H3. The summed E-state index contributed by atoms with van der Waals surface area (Å²) in [6.07, 6.45) is 2.47. The van der Waals surface area contributed by atoms with Gasteiger partial charge in [0.15, 0.2) is 12.4 Å². The second-order valence-corrected chi connectivity index (χ2v) is 4.95. The van der Waals surface area contributed by atoms with Crippen LogP contribution in [0.4, 0.5) is 0 Å². The van der Waals surface area contributed by atoms with E-state index in [9.17, 15) is 9.59 Å². The van der Waals surface area contributed by atoms with Gasteiger partial charge in [0.1, 0.15) is 5.75 Å². The largest absolute Gasteiger partial charge is 0.484 e. The number of hydrogen-bond donors (Lipinski definition) is 0. The van der Waals surface area contributed by atoms with Crippen molar-refractivity contribution in [3.8, 4) is 5.75 Å². The molecule has 0 fully saturated rings. The highest BCUT2D eigenvalue weighted by atomic mass is 16.5. The number of ketones is 1. The van der Waals surface area contributed by atoms with E-state index < -0.39 is 0 Å². The topological polar surface area (TPSA) is 46.6 Å². The van der Waals surface area contributed by atoms with Gasteiger partial charge in [0.2, 0.25) is 0 Å². The summed E-state index contributed by atoms with van der Waals surface area (Å²) >= 11 is 0. The highest BCUT2D eigenvalue weighted by Crippen LogP contribution is 2.25. The molecule has 0 unspecified atom stereocenters. The molecule has 2 rings (SSSR count). The van der Waals surface area contributed by atoms with Gasteiger partial charge in [-0.15, -0.1) is 0 Å². The zero-order valence-electron chi connectivity index (χ0n) is 12.1. The highest BCUT2D eigenvalue weighted by molar-refractivity contribution is 5.98. The third-order valence-corrected chi connectivity index (χ3v) is 3.71. The Morgan fingerprint density at radius 2 is 2.00 bits per heavy atom. The van der Waals surface area contributed by atoms with Crippen molar-refractivity contribution in [3.05, 3.63) is 29.3 Å². The van der Waals surface area contributed by atoms with Crippen molar-refractivity contribution >= 4 is 11.7 Å². The summed E-state index contributed by atoms with van der Waals surface area (Å²) in [4.78, 5) is 25.4. The van der Waals surface area contributed by atoms with Crippen LogP contribution in [0.3, 0.4) is 0 Å². The number of amides is 1. The van der Waals surface area contributed by atoms with Gasteiger partial charge in [-0.25, -0.2) is 0 Å². The van der Waals surface area contributed by atoms with Crippen molar-refractivity contribution in [1.82, 2.24) is 4.90 Å². The van der Waals surface area contributed by atoms with Gasteiger partial charge < -0.3 is 9.64 Å². The zero-order chi connectivity index (χ0) is 14.5.